The number of anilines is 1. The van der Waals surface area contributed by atoms with Crippen molar-refractivity contribution in [1.82, 2.24) is 25.3 Å². The van der Waals surface area contributed by atoms with Crippen molar-refractivity contribution in [2.45, 2.75) is 26.4 Å². The Balaban J connectivity index is 1.75. The van der Waals surface area contributed by atoms with Gasteiger partial charge < -0.3 is 15.0 Å². The average Bonchev–Trinajstić information content (AvgIpc) is 3.13. The van der Waals surface area contributed by atoms with E-state index in [-0.39, 0.29) is 6.10 Å². The van der Waals surface area contributed by atoms with Crippen molar-refractivity contribution in [2.75, 3.05) is 32.6 Å². The first-order valence-corrected chi connectivity index (χ1v) is 10.8. The molecule has 0 saturated carbocycles. The van der Waals surface area contributed by atoms with E-state index >= 15 is 0 Å². The molecule has 7 heteroatoms. The largest absolute Gasteiger partial charge is 0.486 e. The Morgan fingerprint density at radius 1 is 1.00 bits per heavy atom. The van der Waals surface area contributed by atoms with Gasteiger partial charge in [0.1, 0.15) is 23.1 Å². The Morgan fingerprint density at radius 3 is 2.44 bits per heavy atom. The third-order valence-electron chi connectivity index (χ3n) is 5.53. The molecule has 166 valence electrons. The summed E-state index contributed by atoms with van der Waals surface area (Å²) in [6.07, 6.45) is 0.796. The Labute approximate surface area is 189 Å². The third kappa shape index (κ3) is 4.29. The van der Waals surface area contributed by atoms with E-state index in [0.29, 0.717) is 0 Å². The van der Waals surface area contributed by atoms with Crippen LogP contribution < -0.4 is 15.0 Å². The topological polar surface area (TPSA) is 68.1 Å². The fourth-order valence-electron chi connectivity index (χ4n) is 4.02. The maximum Gasteiger partial charge on any atom is 0.179 e. The number of benzene rings is 2. The van der Waals surface area contributed by atoms with Gasteiger partial charge in [-0.3, -0.25) is 0 Å². The molecule has 1 atom stereocenters. The highest BCUT2D eigenvalue weighted by atomic mass is 16.5. The molecule has 0 amide bonds. The van der Waals surface area contributed by atoms with E-state index in [1.54, 1.807) is 0 Å². The summed E-state index contributed by atoms with van der Waals surface area (Å²) in [6.45, 7) is 4.77. The van der Waals surface area contributed by atoms with E-state index in [4.69, 9.17) is 9.84 Å². The molecule has 0 aliphatic rings. The van der Waals surface area contributed by atoms with Gasteiger partial charge in [0.05, 0.1) is 16.8 Å². The molecular weight excluding hydrogens is 400 g/mol. The van der Waals surface area contributed by atoms with Gasteiger partial charge in [0.2, 0.25) is 0 Å². The van der Waals surface area contributed by atoms with Crippen LogP contribution in [0.3, 0.4) is 0 Å². The van der Waals surface area contributed by atoms with Crippen LogP contribution in [-0.2, 0) is 6.42 Å². The zero-order valence-corrected chi connectivity index (χ0v) is 19.3. The molecule has 0 radical (unpaired) electrons. The second-order valence-electron chi connectivity index (χ2n) is 8.18. The number of aryl methyl sites for hydroxylation is 2. The number of rotatable bonds is 8. The van der Waals surface area contributed by atoms with Crippen molar-refractivity contribution in [3.63, 3.8) is 0 Å². The molecule has 7 nitrogen and oxygen atoms in total. The van der Waals surface area contributed by atoms with Gasteiger partial charge in [-0.05, 0) is 38.6 Å². The summed E-state index contributed by atoms with van der Waals surface area (Å²) in [4.78, 5) is 1.94. The van der Waals surface area contributed by atoms with E-state index in [0.717, 1.165) is 52.5 Å². The van der Waals surface area contributed by atoms with E-state index < -0.39 is 0 Å². The number of likely N-dealkylation sites (N-methyl/N-ethyl adjacent to an activating group) is 1. The maximum absolute atomic E-state index is 6.54. The van der Waals surface area contributed by atoms with Crippen LogP contribution in [0.5, 0.6) is 5.75 Å². The zero-order valence-electron chi connectivity index (χ0n) is 19.3. The van der Waals surface area contributed by atoms with E-state index in [9.17, 15) is 0 Å². The second-order valence-corrected chi connectivity index (χ2v) is 8.18. The van der Waals surface area contributed by atoms with Gasteiger partial charge in [-0.1, -0.05) is 42.5 Å². The average molecular weight is 431 g/mol. The quantitative estimate of drug-likeness (QED) is 0.460. The zero-order chi connectivity index (χ0) is 22.7. The van der Waals surface area contributed by atoms with Gasteiger partial charge in [0.15, 0.2) is 5.82 Å². The lowest BCUT2D eigenvalue weighted by atomic mass is 10.1. The first kappa shape index (κ1) is 21.8. The number of nitrogens with zero attached hydrogens (tertiary/aromatic N) is 5. The normalized spacial score (nSPS) is 12.2. The number of fused-ring (bicyclic) bond motifs is 1. The Bertz CT molecular complexity index is 1200. The third-order valence-corrected chi connectivity index (χ3v) is 5.53. The molecule has 0 spiro atoms. The Kier molecular flexibility index (Phi) is 6.37. The SMILES string of the molecule is CNCC(Cc1ccccc1)Oc1ccccc1-n1nc2c(N(C)C)nnc(C)c2c1C. The van der Waals surface area contributed by atoms with E-state index in [1.807, 2.05) is 68.0 Å². The molecule has 4 rings (SSSR count). The van der Waals surface area contributed by atoms with Crippen molar-refractivity contribution in [3.05, 3.63) is 71.5 Å². The van der Waals surface area contributed by atoms with Gasteiger partial charge in [-0.15, -0.1) is 5.10 Å². The molecule has 1 N–H and O–H groups in total. The molecule has 0 aliphatic heterocycles. The highest BCUT2D eigenvalue weighted by Gasteiger charge is 2.21. The predicted molar refractivity (Wildman–Crippen MR) is 129 cm³/mol. The minimum atomic E-state index is -0.0174. The number of aromatic nitrogens is 4. The van der Waals surface area contributed by atoms with Crippen molar-refractivity contribution < 1.29 is 4.74 Å². The monoisotopic (exact) mass is 430 g/mol. The van der Waals surface area contributed by atoms with Crippen LogP contribution >= 0.6 is 0 Å². The van der Waals surface area contributed by atoms with Crippen molar-refractivity contribution in [1.29, 1.82) is 0 Å². The summed E-state index contributed by atoms with van der Waals surface area (Å²) < 4.78 is 8.49. The molecule has 0 aliphatic carbocycles. The number of hydrogen-bond donors (Lipinski definition) is 1. The standard InChI is InChI=1S/C25H30N6O/c1-17-23-18(2)31(29-24(23)25(28-27-17)30(4)5)21-13-9-10-14-22(21)32-20(16-26-3)15-19-11-7-6-8-12-19/h6-14,20,26H,15-16H2,1-5H3. The molecule has 0 bridgehead atoms. The lowest BCUT2D eigenvalue weighted by Crippen LogP contribution is -2.31. The fraction of sp³-hybridized carbons (Fsp3) is 0.320. The lowest BCUT2D eigenvalue weighted by Gasteiger charge is -2.21. The molecule has 32 heavy (non-hydrogen) atoms. The van der Waals surface area contributed by atoms with Crippen LogP contribution in [0.25, 0.3) is 16.6 Å². The Morgan fingerprint density at radius 2 is 1.72 bits per heavy atom. The lowest BCUT2D eigenvalue weighted by molar-refractivity contribution is 0.200. The predicted octanol–water partition coefficient (Wildman–Crippen LogP) is 3.71. The fourth-order valence-corrected chi connectivity index (χ4v) is 4.02. The van der Waals surface area contributed by atoms with Crippen molar-refractivity contribution in [3.8, 4) is 11.4 Å². The molecule has 2 heterocycles. The molecule has 2 aromatic carbocycles. The van der Waals surface area contributed by atoms with Crippen LogP contribution in [-0.4, -0.2) is 53.8 Å². The van der Waals surface area contributed by atoms with Gasteiger partial charge in [-0.25, -0.2) is 4.68 Å². The van der Waals surface area contributed by atoms with Crippen LogP contribution in [0.4, 0.5) is 5.82 Å². The highest BCUT2D eigenvalue weighted by Crippen LogP contribution is 2.31. The first-order valence-electron chi connectivity index (χ1n) is 10.8. The van der Waals surface area contributed by atoms with E-state index in [1.165, 1.54) is 5.56 Å². The molecular formula is C25H30N6O. The van der Waals surface area contributed by atoms with Crippen LogP contribution in [0, 0.1) is 13.8 Å². The summed E-state index contributed by atoms with van der Waals surface area (Å²) >= 11 is 0. The van der Waals surface area contributed by atoms with Gasteiger partial charge in [0.25, 0.3) is 0 Å². The van der Waals surface area contributed by atoms with Gasteiger partial charge in [0, 0.05) is 27.1 Å². The summed E-state index contributed by atoms with van der Waals surface area (Å²) in [5.74, 6) is 1.55. The van der Waals surface area contributed by atoms with Gasteiger partial charge in [-0.2, -0.15) is 10.2 Å². The summed E-state index contributed by atoms with van der Waals surface area (Å²) in [6, 6.07) is 18.5. The van der Waals surface area contributed by atoms with Crippen LogP contribution in [0.15, 0.2) is 54.6 Å². The number of hydrogen-bond acceptors (Lipinski definition) is 6. The van der Waals surface area contributed by atoms with Crippen LogP contribution in [0.2, 0.25) is 0 Å². The smallest absolute Gasteiger partial charge is 0.179 e. The summed E-state index contributed by atoms with van der Waals surface area (Å²) in [5, 5.41) is 17.9. The van der Waals surface area contributed by atoms with Crippen molar-refractivity contribution >= 4 is 16.7 Å². The van der Waals surface area contributed by atoms with Gasteiger partial charge >= 0.3 is 0 Å². The maximum atomic E-state index is 6.54. The molecule has 2 aromatic heterocycles. The first-order chi connectivity index (χ1) is 15.5. The minimum absolute atomic E-state index is 0.0174. The minimum Gasteiger partial charge on any atom is -0.486 e. The van der Waals surface area contributed by atoms with Crippen LogP contribution in [0.1, 0.15) is 17.0 Å². The number of para-hydroxylation sites is 2. The molecule has 4 aromatic rings. The Hall–Kier alpha value is -3.45. The van der Waals surface area contributed by atoms with Crippen molar-refractivity contribution in [2.24, 2.45) is 0 Å². The molecule has 0 fully saturated rings. The molecule has 1 unspecified atom stereocenters. The van der Waals surface area contributed by atoms with E-state index in [2.05, 4.69) is 46.7 Å². The summed E-state index contributed by atoms with van der Waals surface area (Å²) in [7, 11) is 5.86. The number of nitrogens with one attached hydrogen (secondary N) is 1. The number of ether oxygens (including phenoxy) is 1. The molecule has 0 saturated heterocycles. The second kappa shape index (κ2) is 9.36. The summed E-state index contributed by atoms with van der Waals surface area (Å²) in [5.41, 5.74) is 4.87. The highest BCUT2D eigenvalue weighted by molar-refractivity contribution is 5.92.